The Bertz CT molecular complexity index is 1090. The molecule has 0 fully saturated rings. The summed E-state index contributed by atoms with van der Waals surface area (Å²) in [6.45, 7) is 5.63. The Morgan fingerprint density at radius 2 is 1.80 bits per heavy atom. The van der Waals surface area contributed by atoms with Crippen LogP contribution in [0, 0.1) is 12.3 Å². The molecule has 0 amide bonds. The summed E-state index contributed by atoms with van der Waals surface area (Å²) in [5, 5.41) is 15.4. The van der Waals surface area contributed by atoms with Gasteiger partial charge in [0.2, 0.25) is 5.88 Å². The molecule has 0 aliphatic carbocycles. The van der Waals surface area contributed by atoms with Crippen molar-refractivity contribution in [1.82, 2.24) is 14.7 Å². The number of terminal acetylenes is 1. The minimum Gasteiger partial charge on any atom is -0.497 e. The highest BCUT2D eigenvalue weighted by Crippen LogP contribution is 2.35. The highest BCUT2D eigenvalue weighted by atomic mass is 16.5. The van der Waals surface area contributed by atoms with Gasteiger partial charge in [-0.15, -0.1) is 6.42 Å². The summed E-state index contributed by atoms with van der Waals surface area (Å²) in [5.74, 6) is 4.54. The van der Waals surface area contributed by atoms with E-state index in [4.69, 9.17) is 25.7 Å². The van der Waals surface area contributed by atoms with E-state index < -0.39 is 6.10 Å². The van der Waals surface area contributed by atoms with Gasteiger partial charge in [0.1, 0.15) is 23.8 Å². The first kappa shape index (κ1) is 26.3. The molecule has 0 unspecified atom stereocenters. The fraction of sp³-hybridized carbons (Fsp3) is 0.393. The smallest absolute Gasteiger partial charge is 0.222 e. The molecule has 3 rings (SSSR count). The van der Waals surface area contributed by atoms with Crippen molar-refractivity contribution in [2.24, 2.45) is 7.05 Å². The molecule has 186 valence electrons. The molecule has 7 heteroatoms. The van der Waals surface area contributed by atoms with E-state index in [1.54, 1.807) is 11.8 Å². The summed E-state index contributed by atoms with van der Waals surface area (Å²) in [7, 11) is 3.52. The minimum atomic E-state index is -0.667. The fourth-order valence-electron chi connectivity index (χ4n) is 3.84. The number of aliphatic hydroxyl groups is 1. The largest absolute Gasteiger partial charge is 0.497 e. The predicted molar refractivity (Wildman–Crippen MR) is 138 cm³/mol. The standard InChI is InChI=1S/C28H35N3O4/c1-6-17-34-20-23(32)18-31(21(3)7-2)19-26-27(22-11-9-8-10-12-22)29-30(4)28(26)35-25-15-13-24(33-5)14-16-25/h1,8-16,21,23,32H,7,17-20H2,2-5H3/t21-,23+/m1/s1. The van der Waals surface area contributed by atoms with Crippen LogP contribution in [0.25, 0.3) is 11.3 Å². The van der Waals surface area contributed by atoms with Gasteiger partial charge in [0.25, 0.3) is 0 Å². The average Bonchev–Trinajstić information content (AvgIpc) is 3.18. The lowest BCUT2D eigenvalue weighted by atomic mass is 10.1. The molecular formula is C28H35N3O4. The van der Waals surface area contributed by atoms with E-state index in [1.165, 1.54) is 0 Å². The molecular weight excluding hydrogens is 442 g/mol. The van der Waals surface area contributed by atoms with Gasteiger partial charge >= 0.3 is 0 Å². The van der Waals surface area contributed by atoms with E-state index >= 15 is 0 Å². The van der Waals surface area contributed by atoms with Gasteiger partial charge < -0.3 is 19.3 Å². The molecule has 1 heterocycles. The minimum absolute atomic E-state index is 0.182. The van der Waals surface area contributed by atoms with Crippen molar-refractivity contribution < 1.29 is 19.3 Å². The fourth-order valence-corrected chi connectivity index (χ4v) is 3.84. The summed E-state index contributed by atoms with van der Waals surface area (Å²) in [6.07, 6.45) is 5.52. The number of nitrogens with zero attached hydrogens (tertiary/aromatic N) is 3. The van der Waals surface area contributed by atoms with E-state index in [9.17, 15) is 5.11 Å². The van der Waals surface area contributed by atoms with Crippen LogP contribution in [0.2, 0.25) is 0 Å². The van der Waals surface area contributed by atoms with Crippen molar-refractivity contribution in [2.75, 3.05) is 26.9 Å². The Morgan fingerprint density at radius 1 is 1.11 bits per heavy atom. The summed E-state index contributed by atoms with van der Waals surface area (Å²) in [4.78, 5) is 2.23. The van der Waals surface area contributed by atoms with E-state index in [2.05, 4.69) is 24.7 Å². The van der Waals surface area contributed by atoms with E-state index in [1.807, 2.05) is 61.6 Å². The van der Waals surface area contributed by atoms with Crippen molar-refractivity contribution in [2.45, 2.75) is 39.0 Å². The molecule has 3 aromatic rings. The van der Waals surface area contributed by atoms with Crippen LogP contribution in [0.3, 0.4) is 0 Å². The SMILES string of the molecule is C#CCOC[C@@H](O)CN(Cc1c(-c2ccccc2)nn(C)c1Oc1ccc(OC)cc1)[C@H](C)CC. The molecule has 0 saturated carbocycles. The molecule has 1 N–H and O–H groups in total. The number of aliphatic hydroxyl groups excluding tert-OH is 1. The summed E-state index contributed by atoms with van der Waals surface area (Å²) < 4.78 is 18.7. The van der Waals surface area contributed by atoms with Gasteiger partial charge in [-0.2, -0.15) is 5.10 Å². The van der Waals surface area contributed by atoms with E-state index in [0.29, 0.717) is 24.7 Å². The Kier molecular flexibility index (Phi) is 9.74. The van der Waals surface area contributed by atoms with Gasteiger partial charge in [-0.05, 0) is 37.6 Å². The summed E-state index contributed by atoms with van der Waals surface area (Å²) in [5.41, 5.74) is 2.80. The Morgan fingerprint density at radius 3 is 2.43 bits per heavy atom. The van der Waals surface area contributed by atoms with Crippen LogP contribution in [0.4, 0.5) is 0 Å². The number of aryl methyl sites for hydroxylation is 1. The third-order valence-corrected chi connectivity index (χ3v) is 5.93. The van der Waals surface area contributed by atoms with Crippen LogP contribution < -0.4 is 9.47 Å². The second kappa shape index (κ2) is 13.0. The first-order valence-electron chi connectivity index (χ1n) is 11.8. The van der Waals surface area contributed by atoms with Gasteiger partial charge in [-0.1, -0.05) is 43.2 Å². The molecule has 0 aliphatic heterocycles. The normalized spacial score (nSPS) is 12.8. The summed E-state index contributed by atoms with van der Waals surface area (Å²) in [6, 6.07) is 17.7. The number of rotatable bonds is 13. The van der Waals surface area contributed by atoms with Crippen LogP contribution in [0.15, 0.2) is 54.6 Å². The van der Waals surface area contributed by atoms with Crippen molar-refractivity contribution in [3.63, 3.8) is 0 Å². The highest BCUT2D eigenvalue weighted by Gasteiger charge is 2.25. The molecule has 2 aromatic carbocycles. The second-order valence-corrected chi connectivity index (χ2v) is 8.46. The van der Waals surface area contributed by atoms with E-state index in [-0.39, 0.29) is 19.3 Å². The van der Waals surface area contributed by atoms with Crippen molar-refractivity contribution in [3.8, 4) is 41.0 Å². The number of benzene rings is 2. The molecule has 0 spiro atoms. The zero-order valence-electron chi connectivity index (χ0n) is 21.0. The number of ether oxygens (including phenoxy) is 3. The topological polar surface area (TPSA) is 69.0 Å². The van der Waals surface area contributed by atoms with Gasteiger partial charge in [-0.3, -0.25) is 4.90 Å². The van der Waals surface area contributed by atoms with Gasteiger partial charge in [0, 0.05) is 31.7 Å². The Labute approximate surface area is 208 Å². The maximum Gasteiger partial charge on any atom is 0.222 e. The lowest BCUT2D eigenvalue weighted by Gasteiger charge is -2.30. The van der Waals surface area contributed by atoms with Crippen molar-refractivity contribution >= 4 is 0 Å². The van der Waals surface area contributed by atoms with Crippen LogP contribution in [-0.4, -0.2) is 58.8 Å². The Balaban J connectivity index is 1.96. The Hall–Kier alpha value is -3.31. The quantitative estimate of drug-likeness (QED) is 0.289. The third kappa shape index (κ3) is 7.09. The van der Waals surface area contributed by atoms with Crippen molar-refractivity contribution in [3.05, 3.63) is 60.2 Å². The molecule has 0 bridgehead atoms. The number of aromatic nitrogens is 2. The third-order valence-electron chi connectivity index (χ3n) is 5.93. The van der Waals surface area contributed by atoms with Crippen LogP contribution in [0.1, 0.15) is 25.8 Å². The molecule has 7 nitrogen and oxygen atoms in total. The first-order valence-corrected chi connectivity index (χ1v) is 11.8. The van der Waals surface area contributed by atoms with Gasteiger partial charge in [0.05, 0.1) is 25.4 Å². The molecule has 0 aliphatic rings. The molecule has 1 aromatic heterocycles. The zero-order chi connectivity index (χ0) is 25.2. The monoisotopic (exact) mass is 477 g/mol. The maximum atomic E-state index is 10.6. The zero-order valence-corrected chi connectivity index (χ0v) is 21.0. The van der Waals surface area contributed by atoms with Gasteiger partial charge in [-0.25, -0.2) is 4.68 Å². The average molecular weight is 478 g/mol. The van der Waals surface area contributed by atoms with E-state index in [0.717, 1.165) is 29.0 Å². The lowest BCUT2D eigenvalue weighted by molar-refractivity contribution is 0.0169. The maximum absolute atomic E-state index is 10.6. The second-order valence-electron chi connectivity index (χ2n) is 8.46. The first-order chi connectivity index (χ1) is 17.0. The molecule has 2 atom stereocenters. The number of methoxy groups -OCH3 is 1. The van der Waals surface area contributed by atoms with Crippen LogP contribution >= 0.6 is 0 Å². The molecule has 35 heavy (non-hydrogen) atoms. The number of hydrogen-bond acceptors (Lipinski definition) is 6. The molecule has 0 radical (unpaired) electrons. The van der Waals surface area contributed by atoms with Crippen LogP contribution in [-0.2, 0) is 18.3 Å². The van der Waals surface area contributed by atoms with Crippen molar-refractivity contribution in [1.29, 1.82) is 0 Å². The van der Waals surface area contributed by atoms with Gasteiger partial charge in [0.15, 0.2) is 0 Å². The predicted octanol–water partition coefficient (Wildman–Crippen LogP) is 4.50. The highest BCUT2D eigenvalue weighted by molar-refractivity contribution is 5.65. The lowest BCUT2D eigenvalue weighted by Crippen LogP contribution is -2.40. The molecule has 0 saturated heterocycles. The number of hydrogen-bond donors (Lipinski definition) is 1. The van der Waals surface area contributed by atoms with Crippen LogP contribution in [0.5, 0.6) is 17.4 Å². The summed E-state index contributed by atoms with van der Waals surface area (Å²) >= 11 is 0.